The van der Waals surface area contributed by atoms with Gasteiger partial charge in [0.1, 0.15) is 23.9 Å². The van der Waals surface area contributed by atoms with E-state index in [2.05, 4.69) is 9.72 Å². The molecule has 0 spiro atoms. The van der Waals surface area contributed by atoms with E-state index in [0.29, 0.717) is 33.8 Å². The fourth-order valence-electron chi connectivity index (χ4n) is 3.64. The number of hydrogen-bond donors (Lipinski definition) is 1. The van der Waals surface area contributed by atoms with Crippen molar-refractivity contribution in [2.24, 2.45) is 0 Å². The molecule has 158 valence electrons. The minimum absolute atomic E-state index is 0.0835. The minimum Gasteiger partial charge on any atom is -0.485 e. The van der Waals surface area contributed by atoms with Crippen molar-refractivity contribution in [1.29, 1.82) is 0 Å². The highest BCUT2D eigenvalue weighted by atomic mass is 16.5. The number of benzene rings is 3. The Morgan fingerprint density at radius 2 is 1.75 bits per heavy atom. The second-order valence-electron chi connectivity index (χ2n) is 7.14. The van der Waals surface area contributed by atoms with Crippen LogP contribution in [0.25, 0.3) is 33.1 Å². The van der Waals surface area contributed by atoms with E-state index < -0.39 is 5.97 Å². The summed E-state index contributed by atoms with van der Waals surface area (Å²) in [7, 11) is 1.29. The summed E-state index contributed by atoms with van der Waals surface area (Å²) in [6, 6.07) is 21.9. The predicted molar refractivity (Wildman–Crippen MR) is 120 cm³/mol. The average molecular weight is 426 g/mol. The molecule has 0 bridgehead atoms. The standard InChI is InChI=1S/C25H18N2O5/c1-30-25(29)21-13-11-16(32-21)14-31-20-12-10-15-6-2-3-7-17(15)22(20)23-26-19-9-5-4-8-18(19)24(28)27-23/h2-13H,14H2,1H3,(H,26,27,28). The van der Waals surface area contributed by atoms with Gasteiger partial charge in [0.2, 0.25) is 5.76 Å². The summed E-state index contributed by atoms with van der Waals surface area (Å²) in [5, 5.41) is 2.39. The summed E-state index contributed by atoms with van der Waals surface area (Å²) in [5.74, 6) is 0.948. The predicted octanol–water partition coefficient (Wildman–Crippen LogP) is 4.70. The van der Waals surface area contributed by atoms with Gasteiger partial charge in [-0.1, -0.05) is 42.5 Å². The summed E-state index contributed by atoms with van der Waals surface area (Å²) in [6.45, 7) is 0.0835. The molecular weight excluding hydrogens is 408 g/mol. The molecule has 0 aliphatic carbocycles. The number of aromatic nitrogens is 2. The molecule has 0 unspecified atom stereocenters. The molecule has 2 aromatic heterocycles. The number of furan rings is 1. The van der Waals surface area contributed by atoms with Crippen LogP contribution in [0.5, 0.6) is 5.75 Å². The van der Waals surface area contributed by atoms with Crippen LogP contribution >= 0.6 is 0 Å². The Labute approximate surface area is 182 Å². The van der Waals surface area contributed by atoms with Gasteiger partial charge in [-0.3, -0.25) is 4.79 Å². The molecule has 7 heteroatoms. The Morgan fingerprint density at radius 3 is 2.59 bits per heavy atom. The zero-order valence-electron chi connectivity index (χ0n) is 17.1. The van der Waals surface area contributed by atoms with Crippen molar-refractivity contribution in [1.82, 2.24) is 9.97 Å². The van der Waals surface area contributed by atoms with E-state index in [4.69, 9.17) is 14.1 Å². The molecule has 0 aliphatic heterocycles. The zero-order valence-corrected chi connectivity index (χ0v) is 17.1. The van der Waals surface area contributed by atoms with E-state index in [1.165, 1.54) is 13.2 Å². The van der Waals surface area contributed by atoms with Crippen molar-refractivity contribution < 1.29 is 18.7 Å². The molecule has 5 rings (SSSR count). The second kappa shape index (κ2) is 8.03. The van der Waals surface area contributed by atoms with E-state index in [1.807, 2.05) is 42.5 Å². The van der Waals surface area contributed by atoms with Crippen molar-refractivity contribution in [3.05, 3.63) is 94.7 Å². The van der Waals surface area contributed by atoms with Gasteiger partial charge in [0.25, 0.3) is 5.56 Å². The lowest BCUT2D eigenvalue weighted by molar-refractivity contribution is 0.0561. The SMILES string of the molecule is COC(=O)c1ccc(COc2ccc3ccccc3c2-c2nc3ccccc3c(=O)[nH]2)o1. The summed E-state index contributed by atoms with van der Waals surface area (Å²) in [4.78, 5) is 31.9. The number of rotatable bonds is 5. The van der Waals surface area contributed by atoms with Crippen LogP contribution in [0.2, 0.25) is 0 Å². The first-order valence-corrected chi connectivity index (χ1v) is 9.95. The van der Waals surface area contributed by atoms with Gasteiger partial charge in [0.05, 0.1) is 23.6 Å². The summed E-state index contributed by atoms with van der Waals surface area (Å²) in [5.41, 5.74) is 1.04. The number of carbonyl (C=O) groups is 1. The van der Waals surface area contributed by atoms with Gasteiger partial charge in [0, 0.05) is 0 Å². The maximum absolute atomic E-state index is 12.7. The molecule has 0 fully saturated rings. The summed E-state index contributed by atoms with van der Waals surface area (Å²) in [6.07, 6.45) is 0. The van der Waals surface area contributed by atoms with Crippen LogP contribution in [0.15, 0.2) is 82.0 Å². The molecule has 0 saturated carbocycles. The number of aromatic amines is 1. The van der Waals surface area contributed by atoms with Gasteiger partial charge in [-0.15, -0.1) is 0 Å². The first-order valence-electron chi connectivity index (χ1n) is 9.95. The lowest BCUT2D eigenvalue weighted by Crippen LogP contribution is -2.10. The number of nitrogens with zero attached hydrogens (tertiary/aromatic N) is 1. The highest BCUT2D eigenvalue weighted by Crippen LogP contribution is 2.36. The molecule has 0 aliphatic rings. The molecule has 0 atom stereocenters. The Morgan fingerprint density at radius 1 is 0.969 bits per heavy atom. The number of para-hydroxylation sites is 1. The number of hydrogen-bond acceptors (Lipinski definition) is 6. The first kappa shape index (κ1) is 19.6. The van der Waals surface area contributed by atoms with E-state index in [0.717, 1.165) is 10.8 Å². The van der Waals surface area contributed by atoms with Gasteiger partial charge in [0.15, 0.2) is 0 Å². The van der Waals surface area contributed by atoms with Gasteiger partial charge in [-0.25, -0.2) is 9.78 Å². The zero-order chi connectivity index (χ0) is 22.1. The number of methoxy groups -OCH3 is 1. The third kappa shape index (κ3) is 3.50. The van der Waals surface area contributed by atoms with Gasteiger partial charge >= 0.3 is 5.97 Å². The number of esters is 1. The Kier molecular flexibility index (Phi) is 4.91. The molecule has 0 saturated heterocycles. The van der Waals surface area contributed by atoms with Crippen molar-refractivity contribution in [3.63, 3.8) is 0 Å². The van der Waals surface area contributed by atoms with E-state index >= 15 is 0 Å². The molecule has 0 radical (unpaired) electrons. The topological polar surface area (TPSA) is 94.4 Å². The highest BCUT2D eigenvalue weighted by Gasteiger charge is 2.17. The molecule has 1 N–H and O–H groups in total. The van der Waals surface area contributed by atoms with Gasteiger partial charge in [-0.05, 0) is 41.1 Å². The molecule has 7 nitrogen and oxygen atoms in total. The van der Waals surface area contributed by atoms with Crippen LogP contribution in [0.3, 0.4) is 0 Å². The van der Waals surface area contributed by atoms with Crippen molar-refractivity contribution >= 4 is 27.6 Å². The normalized spacial score (nSPS) is 11.0. The fraction of sp³-hybridized carbons (Fsp3) is 0.0800. The lowest BCUT2D eigenvalue weighted by atomic mass is 10.0. The van der Waals surface area contributed by atoms with Crippen LogP contribution in [-0.2, 0) is 11.3 Å². The van der Waals surface area contributed by atoms with E-state index in [-0.39, 0.29) is 17.9 Å². The Balaban J connectivity index is 1.60. The van der Waals surface area contributed by atoms with Crippen molar-refractivity contribution in [2.45, 2.75) is 6.61 Å². The maximum atomic E-state index is 12.7. The number of ether oxygens (including phenoxy) is 2. The molecule has 32 heavy (non-hydrogen) atoms. The minimum atomic E-state index is -0.555. The third-order valence-electron chi connectivity index (χ3n) is 5.16. The number of H-pyrrole nitrogens is 1. The molecule has 3 aromatic carbocycles. The monoisotopic (exact) mass is 426 g/mol. The number of nitrogens with one attached hydrogen (secondary N) is 1. The van der Waals surface area contributed by atoms with E-state index in [9.17, 15) is 9.59 Å². The van der Waals surface area contributed by atoms with Crippen LogP contribution < -0.4 is 10.3 Å². The largest absolute Gasteiger partial charge is 0.485 e. The fourth-order valence-corrected chi connectivity index (χ4v) is 3.64. The van der Waals surface area contributed by atoms with Crippen LogP contribution in [0.1, 0.15) is 16.3 Å². The Bertz CT molecular complexity index is 1520. The molecule has 2 heterocycles. The lowest BCUT2D eigenvalue weighted by Gasteiger charge is -2.14. The third-order valence-corrected chi connectivity index (χ3v) is 5.16. The molecular formula is C25H18N2O5. The van der Waals surface area contributed by atoms with E-state index in [1.54, 1.807) is 24.3 Å². The van der Waals surface area contributed by atoms with Crippen LogP contribution in [0, 0.1) is 0 Å². The second-order valence-corrected chi connectivity index (χ2v) is 7.14. The van der Waals surface area contributed by atoms with Gasteiger partial charge < -0.3 is 18.9 Å². The maximum Gasteiger partial charge on any atom is 0.373 e. The quantitative estimate of drug-likeness (QED) is 0.409. The van der Waals surface area contributed by atoms with Crippen LogP contribution in [0.4, 0.5) is 0 Å². The highest BCUT2D eigenvalue weighted by molar-refractivity contribution is 5.98. The number of carbonyl (C=O) groups excluding carboxylic acids is 1. The Hall–Kier alpha value is -4.39. The summed E-state index contributed by atoms with van der Waals surface area (Å²) < 4.78 is 16.2. The smallest absolute Gasteiger partial charge is 0.373 e. The average Bonchev–Trinajstić information content (AvgIpc) is 3.31. The first-order chi connectivity index (χ1) is 15.6. The van der Waals surface area contributed by atoms with Crippen molar-refractivity contribution in [2.75, 3.05) is 7.11 Å². The van der Waals surface area contributed by atoms with Gasteiger partial charge in [-0.2, -0.15) is 0 Å². The van der Waals surface area contributed by atoms with Crippen LogP contribution in [-0.4, -0.2) is 23.0 Å². The number of fused-ring (bicyclic) bond motifs is 2. The molecule has 0 amide bonds. The van der Waals surface area contributed by atoms with Crippen molar-refractivity contribution in [3.8, 4) is 17.1 Å². The summed E-state index contributed by atoms with van der Waals surface area (Å²) >= 11 is 0. The molecule has 5 aromatic rings.